The summed E-state index contributed by atoms with van der Waals surface area (Å²) in [6.45, 7) is 23.5. The van der Waals surface area contributed by atoms with Gasteiger partial charge in [-0.1, -0.05) is 126 Å². The molecule has 560 valence electrons. The Labute approximate surface area is 623 Å². The van der Waals surface area contributed by atoms with Crippen LogP contribution in [0.5, 0.6) is 23.0 Å². The van der Waals surface area contributed by atoms with Crippen molar-refractivity contribution in [2.24, 2.45) is 5.92 Å². The van der Waals surface area contributed by atoms with Crippen molar-refractivity contribution in [2.45, 2.75) is 121 Å². The molecule has 4 atom stereocenters. The SMILES string of the molecule is COc1cc2c(cc1OCCCOc1cc3c(cc1OC)C(=O)N1C=C(c4ccc(N5CCN(C)CC5)cc4)C[C@H]1C(=O)N3COCC[Si](C)(C)C)N(COCC[Si](C)(C)C)C(=O)[C@@H]1CC(c3ccc(NC(=O)[C@@H](C)NC(=O)[C@@H](NC(=O)OCC4c5ccccc5-c5ccccc54)C(C)C)cc3)=CN1C2=O. The van der Waals surface area contributed by atoms with E-state index in [0.29, 0.717) is 65.8 Å². The Balaban J connectivity index is 0.695. The summed E-state index contributed by atoms with van der Waals surface area (Å²) < 4.78 is 43.0. The average Bonchev–Trinajstić information content (AvgIpc) is 1.61. The van der Waals surface area contributed by atoms with Crippen molar-refractivity contribution in [3.8, 4) is 34.1 Å². The smallest absolute Gasteiger partial charge is 0.407 e. The molecule has 7 amide bonds. The molecule has 5 heterocycles. The number of ether oxygens (including phenoxy) is 7. The number of nitrogens with one attached hydrogen (secondary N) is 3. The van der Waals surface area contributed by atoms with Crippen molar-refractivity contribution in [3.63, 3.8) is 0 Å². The number of nitrogens with zero attached hydrogens (tertiary/aromatic N) is 6. The Morgan fingerprint density at radius 3 is 1.48 bits per heavy atom. The molecule has 0 radical (unpaired) electrons. The average molecular weight is 1480 g/mol. The molecule has 3 N–H and O–H groups in total. The van der Waals surface area contributed by atoms with E-state index in [1.54, 1.807) is 85.3 Å². The number of rotatable bonds is 29. The van der Waals surface area contributed by atoms with Crippen molar-refractivity contribution in [2.75, 3.05) is 114 Å². The minimum absolute atomic E-state index is 0.0661. The fourth-order valence-electron chi connectivity index (χ4n) is 14.1. The summed E-state index contributed by atoms with van der Waals surface area (Å²) >= 11 is 0. The van der Waals surface area contributed by atoms with Gasteiger partial charge in [-0.2, -0.15) is 0 Å². The quantitative estimate of drug-likeness (QED) is 0.0292. The summed E-state index contributed by atoms with van der Waals surface area (Å²) in [5.41, 5.74) is 10.3. The van der Waals surface area contributed by atoms with E-state index in [1.165, 1.54) is 24.0 Å². The van der Waals surface area contributed by atoms with Crippen LogP contribution >= 0.6 is 0 Å². The minimum atomic E-state index is -1.55. The van der Waals surface area contributed by atoms with Crippen LogP contribution in [0.4, 0.5) is 27.5 Å². The first kappa shape index (κ1) is 75.9. The highest BCUT2D eigenvalue weighted by Crippen LogP contribution is 2.47. The third-order valence-corrected chi connectivity index (χ3v) is 23.9. The zero-order chi connectivity index (χ0) is 75.3. The predicted molar refractivity (Wildman–Crippen MR) is 415 cm³/mol. The third-order valence-electron chi connectivity index (χ3n) is 20.5. The molecule has 1 aliphatic carbocycles. The zero-order valence-electron chi connectivity index (χ0n) is 62.9. The lowest BCUT2D eigenvalue weighted by Gasteiger charge is -2.34. The fourth-order valence-corrected chi connectivity index (χ4v) is 15.7. The molecule has 1 fully saturated rings. The molecule has 0 unspecified atom stereocenters. The van der Waals surface area contributed by atoms with Crippen LogP contribution in [0.15, 0.2) is 134 Å². The van der Waals surface area contributed by atoms with E-state index < -0.39 is 64.1 Å². The molecule has 12 rings (SSSR count). The lowest BCUT2D eigenvalue weighted by molar-refractivity contribution is -0.128. The first-order valence-electron chi connectivity index (χ1n) is 36.7. The first-order chi connectivity index (χ1) is 50.8. The summed E-state index contributed by atoms with van der Waals surface area (Å²) in [7, 11) is 2.07. The van der Waals surface area contributed by atoms with Gasteiger partial charge in [-0.15, -0.1) is 0 Å². The Morgan fingerprint density at radius 1 is 0.547 bits per heavy atom. The van der Waals surface area contributed by atoms with Crippen LogP contribution in [0.2, 0.25) is 51.4 Å². The molecule has 23 nitrogen and oxygen atoms in total. The van der Waals surface area contributed by atoms with Gasteiger partial charge in [-0.05, 0) is 113 Å². The monoisotopic (exact) mass is 1480 g/mol. The number of hydrogen-bond donors (Lipinski definition) is 3. The Kier molecular flexibility index (Phi) is 23.3. The number of hydrogen-bond acceptors (Lipinski definition) is 16. The molecule has 6 aromatic rings. The van der Waals surface area contributed by atoms with Crippen LogP contribution in [-0.4, -0.2) is 190 Å². The van der Waals surface area contributed by atoms with Gasteiger partial charge in [-0.3, -0.25) is 38.6 Å². The third kappa shape index (κ3) is 17.0. The molecular weight excluding hydrogens is 1380 g/mol. The molecule has 6 aliphatic rings. The number of carbonyl (C=O) groups is 7. The molecule has 25 heteroatoms. The fraction of sp³-hybridized carbons (Fsp3) is 0.420. The normalized spacial score (nSPS) is 17.8. The number of methoxy groups -OCH3 is 2. The van der Waals surface area contributed by atoms with Crippen LogP contribution in [0.1, 0.15) is 88.9 Å². The number of fused-ring (bicyclic) bond motifs is 7. The van der Waals surface area contributed by atoms with Gasteiger partial charge in [0.15, 0.2) is 23.0 Å². The zero-order valence-corrected chi connectivity index (χ0v) is 64.9. The highest BCUT2D eigenvalue weighted by molar-refractivity contribution is 6.76. The number of anilines is 4. The second kappa shape index (κ2) is 32.5. The topological polar surface area (TPSA) is 240 Å². The van der Waals surface area contributed by atoms with E-state index in [4.69, 9.17) is 33.2 Å². The number of piperazine rings is 1. The van der Waals surface area contributed by atoms with Gasteiger partial charge >= 0.3 is 6.09 Å². The summed E-state index contributed by atoms with van der Waals surface area (Å²) in [5, 5.41) is 8.34. The van der Waals surface area contributed by atoms with Gasteiger partial charge in [0.1, 0.15) is 44.2 Å². The van der Waals surface area contributed by atoms with E-state index in [9.17, 15) is 28.8 Å². The number of amides is 7. The molecule has 0 aromatic heterocycles. The summed E-state index contributed by atoms with van der Waals surface area (Å²) in [5.74, 6) is -1.80. The first-order valence-corrected chi connectivity index (χ1v) is 44.1. The van der Waals surface area contributed by atoms with Crippen molar-refractivity contribution < 1.29 is 66.7 Å². The van der Waals surface area contributed by atoms with E-state index in [1.807, 2.05) is 42.6 Å². The highest BCUT2D eigenvalue weighted by atomic mass is 28.3. The number of alkyl carbamates (subject to hydrolysis) is 1. The largest absolute Gasteiger partial charge is 0.493 e. The Bertz CT molecular complexity index is 4310. The highest BCUT2D eigenvalue weighted by Gasteiger charge is 2.46. The number of benzene rings is 6. The second-order valence-corrected chi connectivity index (χ2v) is 42.1. The van der Waals surface area contributed by atoms with E-state index in [-0.39, 0.29) is 91.9 Å². The van der Waals surface area contributed by atoms with Crippen LogP contribution in [0.3, 0.4) is 0 Å². The van der Waals surface area contributed by atoms with Crippen molar-refractivity contribution in [1.29, 1.82) is 0 Å². The van der Waals surface area contributed by atoms with Crippen molar-refractivity contribution in [1.82, 2.24) is 25.3 Å². The second-order valence-electron chi connectivity index (χ2n) is 30.8. The number of carbonyl (C=O) groups excluding carboxylic acids is 7. The molecule has 106 heavy (non-hydrogen) atoms. The maximum Gasteiger partial charge on any atom is 0.407 e. The molecular formula is C81H99N9O14Si2. The van der Waals surface area contributed by atoms with Crippen LogP contribution in [0.25, 0.3) is 22.3 Å². The minimum Gasteiger partial charge on any atom is -0.493 e. The van der Waals surface area contributed by atoms with Crippen molar-refractivity contribution in [3.05, 3.63) is 167 Å². The predicted octanol–water partition coefficient (Wildman–Crippen LogP) is 12.1. The van der Waals surface area contributed by atoms with Gasteiger partial charge < -0.3 is 68.7 Å². The maximum absolute atomic E-state index is 15.1. The number of likely N-dealkylation sites (N-methyl/N-ethyl adjacent to an activating group) is 1. The van der Waals surface area contributed by atoms with E-state index in [0.717, 1.165) is 77.3 Å². The van der Waals surface area contributed by atoms with E-state index in [2.05, 4.69) is 108 Å². The molecule has 5 aliphatic heterocycles. The van der Waals surface area contributed by atoms with Crippen LogP contribution in [-0.2, 0) is 33.4 Å². The van der Waals surface area contributed by atoms with Gasteiger partial charge in [0, 0.05) is 117 Å². The summed E-state index contributed by atoms with van der Waals surface area (Å²) in [6, 6.07) is 36.0. The molecule has 0 spiro atoms. The molecule has 1 saturated heterocycles. The van der Waals surface area contributed by atoms with Crippen LogP contribution in [0, 0.1) is 5.92 Å². The van der Waals surface area contributed by atoms with Crippen LogP contribution < -0.4 is 49.6 Å². The van der Waals surface area contributed by atoms with E-state index >= 15 is 4.79 Å². The lowest BCUT2D eigenvalue weighted by atomic mass is 9.98. The standard InChI is InChI=1S/C81H99N9O14Si2/c1-51(2)74(84-81(97)104-48-65-61-20-15-13-18-59(61)60-19-14-16-21-62(60)65)76(92)82-52(3)75(91)83-57-26-22-53(23-27-57)55-40-68-79(95)89(49-100-36-38-105(7,8)9)66-44-72(70(98-5)42-63(66)77(93)87(68)46-55)102-34-17-35-103-73-45-67-64(43-71(73)99-6)78(94)88-47-56(41-69(88)80(96)90(67)50-101-37-39-106(10,11)12)54-24-28-58(29-25-54)86-32-30-85(4)31-33-86/h13-16,18-29,42-47,51-52,65,68-69,74H,17,30-41,48-50H2,1-12H3,(H,82,92)(H,83,91)(H,84,97)/t52-,68+,69+,74+/m1/s1. The van der Waals surface area contributed by atoms with Gasteiger partial charge in [0.05, 0.1) is 49.9 Å². The summed E-state index contributed by atoms with van der Waals surface area (Å²) in [4.78, 5) is 111. The molecule has 6 aromatic carbocycles. The van der Waals surface area contributed by atoms with Gasteiger partial charge in [-0.25, -0.2) is 4.79 Å². The van der Waals surface area contributed by atoms with Crippen molar-refractivity contribution >= 4 is 91.6 Å². The maximum atomic E-state index is 15.1. The summed E-state index contributed by atoms with van der Waals surface area (Å²) in [6.07, 6.45) is 3.60. The lowest BCUT2D eigenvalue weighted by Crippen LogP contribution is -2.53. The van der Waals surface area contributed by atoms with Gasteiger partial charge in [0.2, 0.25) is 11.8 Å². The molecule has 0 saturated carbocycles. The Hall–Kier alpha value is -9.80. The Morgan fingerprint density at radius 2 is 1.02 bits per heavy atom. The van der Waals surface area contributed by atoms with Gasteiger partial charge in [0.25, 0.3) is 23.6 Å². The molecule has 0 bridgehead atoms.